The van der Waals surface area contributed by atoms with Gasteiger partial charge in [0.25, 0.3) is 5.91 Å². The van der Waals surface area contributed by atoms with Gasteiger partial charge in [-0.2, -0.15) is 0 Å². The first kappa shape index (κ1) is 23.6. The van der Waals surface area contributed by atoms with Crippen LogP contribution < -0.4 is 5.32 Å². The molecule has 0 saturated carbocycles. The number of allylic oxidation sites excluding steroid dienone is 1. The molecule has 1 heterocycles. The summed E-state index contributed by atoms with van der Waals surface area (Å²) in [6.45, 7) is 8.97. The van der Waals surface area contributed by atoms with Gasteiger partial charge in [0, 0.05) is 12.5 Å². The molecule has 1 N–H and O–H groups in total. The van der Waals surface area contributed by atoms with Gasteiger partial charge in [0.05, 0.1) is 0 Å². The minimum atomic E-state index is -0.600. The molecule has 164 valence electrons. The van der Waals surface area contributed by atoms with Gasteiger partial charge in [0.15, 0.2) is 0 Å². The zero-order valence-corrected chi connectivity index (χ0v) is 18.5. The largest absolute Gasteiger partial charge is 0.446 e. The second-order valence-electron chi connectivity index (χ2n) is 8.28. The van der Waals surface area contributed by atoms with Crippen LogP contribution in [0.5, 0.6) is 0 Å². The molecule has 3 amide bonds. The molecule has 2 rings (SSSR count). The molecule has 1 saturated heterocycles. The Balaban J connectivity index is 1.83. The van der Waals surface area contributed by atoms with Crippen molar-refractivity contribution in [2.75, 3.05) is 13.2 Å². The Labute approximate surface area is 179 Å². The number of hydrogen-bond donors (Lipinski definition) is 1. The highest BCUT2D eigenvalue weighted by Gasteiger charge is 2.37. The van der Waals surface area contributed by atoms with Gasteiger partial charge in [-0.15, -0.1) is 0 Å². The Morgan fingerprint density at radius 1 is 1.23 bits per heavy atom. The van der Waals surface area contributed by atoms with E-state index in [2.05, 4.69) is 19.2 Å². The summed E-state index contributed by atoms with van der Waals surface area (Å²) in [5.74, 6) is 0.388. The predicted molar refractivity (Wildman–Crippen MR) is 117 cm³/mol. The van der Waals surface area contributed by atoms with Gasteiger partial charge in [-0.25, -0.2) is 9.69 Å². The maximum absolute atomic E-state index is 12.7. The highest BCUT2D eigenvalue weighted by Crippen LogP contribution is 2.28. The first-order chi connectivity index (χ1) is 14.3. The first-order valence-electron chi connectivity index (χ1n) is 10.8. The summed E-state index contributed by atoms with van der Waals surface area (Å²) in [5, 5.41) is 2.98. The second-order valence-corrected chi connectivity index (χ2v) is 8.28. The van der Waals surface area contributed by atoms with Crippen molar-refractivity contribution >= 4 is 17.9 Å². The maximum atomic E-state index is 12.7. The number of carbonyl (C=O) groups is 3. The van der Waals surface area contributed by atoms with Crippen LogP contribution in [-0.2, 0) is 14.3 Å². The summed E-state index contributed by atoms with van der Waals surface area (Å²) >= 11 is 0. The Hall–Kier alpha value is -2.63. The molecule has 1 fully saturated rings. The number of benzene rings is 1. The van der Waals surface area contributed by atoms with Gasteiger partial charge in [0.1, 0.15) is 12.6 Å². The third-order valence-electron chi connectivity index (χ3n) is 5.63. The fraction of sp³-hybridized carbons (Fsp3) is 0.542. The maximum Gasteiger partial charge on any atom is 0.417 e. The van der Waals surface area contributed by atoms with Crippen LogP contribution in [0.3, 0.4) is 0 Å². The summed E-state index contributed by atoms with van der Waals surface area (Å²) in [6, 6.07) is 9.05. The van der Waals surface area contributed by atoms with Gasteiger partial charge in [-0.3, -0.25) is 9.59 Å². The number of hydrogen-bond acceptors (Lipinski definition) is 4. The third kappa shape index (κ3) is 6.71. The molecular formula is C24H34N2O4. The predicted octanol–water partition coefficient (Wildman–Crippen LogP) is 4.48. The molecule has 0 unspecified atom stereocenters. The topological polar surface area (TPSA) is 75.7 Å². The van der Waals surface area contributed by atoms with Crippen molar-refractivity contribution < 1.29 is 19.1 Å². The summed E-state index contributed by atoms with van der Waals surface area (Å²) in [4.78, 5) is 37.8. The van der Waals surface area contributed by atoms with E-state index in [1.165, 1.54) is 11.0 Å². The van der Waals surface area contributed by atoms with E-state index in [4.69, 9.17) is 4.74 Å². The average molecular weight is 415 g/mol. The normalized spacial score (nSPS) is 19.4. The molecule has 0 bridgehead atoms. The molecule has 4 atom stereocenters. The fourth-order valence-corrected chi connectivity index (χ4v) is 3.54. The zero-order chi connectivity index (χ0) is 22.1. The smallest absolute Gasteiger partial charge is 0.417 e. The minimum absolute atomic E-state index is 0.0464. The number of rotatable bonds is 10. The van der Waals surface area contributed by atoms with Crippen molar-refractivity contribution in [3.8, 4) is 0 Å². The number of nitrogens with zero attached hydrogens (tertiary/aromatic N) is 1. The van der Waals surface area contributed by atoms with Crippen molar-refractivity contribution in [3.05, 3.63) is 48.0 Å². The summed E-state index contributed by atoms with van der Waals surface area (Å²) in [7, 11) is 0. The van der Waals surface area contributed by atoms with E-state index in [-0.39, 0.29) is 36.3 Å². The van der Waals surface area contributed by atoms with E-state index < -0.39 is 6.09 Å². The lowest BCUT2D eigenvalue weighted by Gasteiger charge is -2.19. The Morgan fingerprint density at radius 3 is 2.60 bits per heavy atom. The van der Waals surface area contributed by atoms with Crippen LogP contribution in [-0.4, -0.2) is 36.0 Å². The fourth-order valence-electron chi connectivity index (χ4n) is 3.54. The summed E-state index contributed by atoms with van der Waals surface area (Å²) < 4.78 is 5.11. The number of cyclic esters (lactones) is 1. The SMILES string of the molecule is CC[C@@H](C)C(=O)NCC[C@@H](C)C[C@H](C)/C=C/C(=O)N1C(=O)OC[C@H]1c1ccccc1. The van der Waals surface area contributed by atoms with Crippen molar-refractivity contribution in [2.24, 2.45) is 17.8 Å². The lowest BCUT2D eigenvalue weighted by molar-refractivity contribution is -0.125. The molecule has 1 aromatic rings. The van der Waals surface area contributed by atoms with Gasteiger partial charge in [0.2, 0.25) is 5.91 Å². The lowest BCUT2D eigenvalue weighted by atomic mass is 9.94. The number of carbonyl (C=O) groups excluding carboxylic acids is 3. The molecular weight excluding hydrogens is 380 g/mol. The van der Waals surface area contributed by atoms with Crippen molar-refractivity contribution in [1.82, 2.24) is 10.2 Å². The van der Waals surface area contributed by atoms with Crippen LogP contribution in [0.25, 0.3) is 0 Å². The standard InChI is InChI=1S/C24H34N2O4/c1-5-19(4)23(28)25-14-13-18(3)15-17(2)11-12-22(27)26-21(16-30-24(26)29)20-9-7-6-8-10-20/h6-12,17-19,21H,5,13-16H2,1-4H3,(H,25,28)/b12-11+/t17-,18-,19-,21+/m1/s1. The van der Waals surface area contributed by atoms with Crippen LogP contribution in [0.4, 0.5) is 4.79 Å². The van der Waals surface area contributed by atoms with Gasteiger partial charge in [-0.05, 0) is 42.7 Å². The quantitative estimate of drug-likeness (QED) is 0.573. The molecule has 6 nitrogen and oxygen atoms in total. The highest BCUT2D eigenvalue weighted by atomic mass is 16.6. The van der Waals surface area contributed by atoms with Crippen LogP contribution >= 0.6 is 0 Å². The van der Waals surface area contributed by atoms with Crippen molar-refractivity contribution in [1.29, 1.82) is 0 Å². The monoisotopic (exact) mass is 414 g/mol. The number of amides is 3. The first-order valence-corrected chi connectivity index (χ1v) is 10.8. The molecule has 6 heteroatoms. The van der Waals surface area contributed by atoms with Crippen molar-refractivity contribution in [3.63, 3.8) is 0 Å². The van der Waals surface area contributed by atoms with E-state index in [1.807, 2.05) is 50.3 Å². The van der Waals surface area contributed by atoms with Crippen LogP contribution in [0, 0.1) is 17.8 Å². The molecule has 1 aliphatic rings. The molecule has 0 spiro atoms. The Bertz CT molecular complexity index is 747. The van der Waals surface area contributed by atoms with E-state index in [9.17, 15) is 14.4 Å². The lowest BCUT2D eigenvalue weighted by Crippen LogP contribution is -2.32. The van der Waals surface area contributed by atoms with E-state index >= 15 is 0 Å². The van der Waals surface area contributed by atoms with E-state index in [0.29, 0.717) is 12.5 Å². The van der Waals surface area contributed by atoms with Gasteiger partial charge in [-0.1, -0.05) is 64.1 Å². The summed E-state index contributed by atoms with van der Waals surface area (Å²) in [6.07, 6.45) is 5.36. The molecule has 1 aromatic carbocycles. The molecule has 0 radical (unpaired) electrons. The van der Waals surface area contributed by atoms with Crippen LogP contribution in [0.1, 0.15) is 58.6 Å². The Kier molecular flexibility index (Phi) is 9.09. The average Bonchev–Trinajstić information content (AvgIpc) is 3.13. The number of ether oxygens (including phenoxy) is 1. The summed E-state index contributed by atoms with van der Waals surface area (Å²) in [5.41, 5.74) is 0.881. The van der Waals surface area contributed by atoms with Gasteiger partial charge >= 0.3 is 6.09 Å². The minimum Gasteiger partial charge on any atom is -0.446 e. The number of nitrogens with one attached hydrogen (secondary N) is 1. The highest BCUT2D eigenvalue weighted by molar-refractivity contribution is 5.99. The van der Waals surface area contributed by atoms with Crippen molar-refractivity contribution in [2.45, 2.75) is 53.0 Å². The molecule has 0 aromatic heterocycles. The van der Waals surface area contributed by atoms with Crippen LogP contribution in [0.2, 0.25) is 0 Å². The second kappa shape index (κ2) is 11.5. The number of imide groups is 1. The molecule has 30 heavy (non-hydrogen) atoms. The van der Waals surface area contributed by atoms with E-state index in [1.54, 1.807) is 0 Å². The zero-order valence-electron chi connectivity index (χ0n) is 18.5. The Morgan fingerprint density at radius 2 is 1.93 bits per heavy atom. The molecule has 1 aliphatic heterocycles. The molecule has 0 aliphatic carbocycles. The van der Waals surface area contributed by atoms with Crippen LogP contribution in [0.15, 0.2) is 42.5 Å². The third-order valence-corrected chi connectivity index (χ3v) is 5.63. The van der Waals surface area contributed by atoms with E-state index in [0.717, 1.165) is 24.8 Å². The van der Waals surface area contributed by atoms with Gasteiger partial charge < -0.3 is 10.1 Å².